The molecule has 0 saturated carbocycles. The third kappa shape index (κ3) is 1.97. The van der Waals surface area contributed by atoms with Crippen LogP contribution >= 0.6 is 0 Å². The Hall–Kier alpha value is -1.12. The van der Waals surface area contributed by atoms with Gasteiger partial charge in [-0.1, -0.05) is 0 Å². The topological polar surface area (TPSA) is 29.0 Å². The summed E-state index contributed by atoms with van der Waals surface area (Å²) in [6.07, 6.45) is 7.64. The molecule has 1 saturated heterocycles. The van der Waals surface area contributed by atoms with Crippen LogP contribution in [0, 0.1) is 6.92 Å². The van der Waals surface area contributed by atoms with Crippen LogP contribution in [0.4, 0.5) is 5.82 Å². The number of hydrogen-bond donors (Lipinski definition) is 0. The van der Waals surface area contributed by atoms with Gasteiger partial charge in [0.25, 0.3) is 0 Å². The summed E-state index contributed by atoms with van der Waals surface area (Å²) in [5.41, 5.74) is 0.987. The van der Waals surface area contributed by atoms with Gasteiger partial charge in [-0.25, -0.2) is 4.98 Å². The van der Waals surface area contributed by atoms with Crippen LogP contribution in [-0.2, 0) is 0 Å². The maximum absolute atomic E-state index is 4.37. The summed E-state index contributed by atoms with van der Waals surface area (Å²) in [6, 6.07) is 0. The average Bonchev–Trinajstić information content (AvgIpc) is 2.20. The number of piperidine rings is 1. The largest absolute Gasteiger partial charge is 0.355 e. The van der Waals surface area contributed by atoms with Crippen molar-refractivity contribution in [3.05, 3.63) is 18.1 Å². The van der Waals surface area contributed by atoms with Gasteiger partial charge in [0.1, 0.15) is 5.82 Å². The number of rotatable bonds is 1. The number of aromatic nitrogens is 2. The van der Waals surface area contributed by atoms with Gasteiger partial charge in [-0.3, -0.25) is 4.98 Å². The first-order chi connectivity index (χ1) is 6.36. The molecule has 2 rings (SSSR count). The van der Waals surface area contributed by atoms with Gasteiger partial charge >= 0.3 is 0 Å². The highest BCUT2D eigenvalue weighted by Crippen LogP contribution is 2.15. The van der Waals surface area contributed by atoms with Crippen LogP contribution < -0.4 is 4.90 Å². The van der Waals surface area contributed by atoms with E-state index in [0.717, 1.165) is 24.6 Å². The van der Waals surface area contributed by atoms with Crippen molar-refractivity contribution in [2.75, 3.05) is 18.0 Å². The van der Waals surface area contributed by atoms with Gasteiger partial charge in [0, 0.05) is 13.1 Å². The molecule has 3 heteroatoms. The minimum absolute atomic E-state index is 0.987. The number of nitrogens with zero attached hydrogens (tertiary/aromatic N) is 3. The summed E-state index contributed by atoms with van der Waals surface area (Å²) in [5.74, 6) is 1.03. The third-order valence-electron chi connectivity index (χ3n) is 2.45. The molecule has 0 aromatic carbocycles. The Morgan fingerprint density at radius 1 is 1.08 bits per heavy atom. The molecular weight excluding hydrogens is 162 g/mol. The Morgan fingerprint density at radius 2 is 1.85 bits per heavy atom. The van der Waals surface area contributed by atoms with Crippen LogP contribution in [-0.4, -0.2) is 23.1 Å². The van der Waals surface area contributed by atoms with Crippen molar-refractivity contribution in [3.8, 4) is 0 Å². The number of hydrogen-bond acceptors (Lipinski definition) is 3. The maximum Gasteiger partial charge on any atom is 0.147 e. The minimum atomic E-state index is 0.987. The summed E-state index contributed by atoms with van der Waals surface area (Å²) >= 11 is 0. The first kappa shape index (κ1) is 8.48. The average molecular weight is 177 g/mol. The van der Waals surface area contributed by atoms with Crippen molar-refractivity contribution in [3.63, 3.8) is 0 Å². The number of aryl methyl sites for hydroxylation is 1. The van der Waals surface area contributed by atoms with Crippen LogP contribution in [0.2, 0.25) is 0 Å². The highest BCUT2D eigenvalue weighted by molar-refractivity contribution is 5.35. The molecule has 0 radical (unpaired) electrons. The summed E-state index contributed by atoms with van der Waals surface area (Å²) in [6.45, 7) is 4.24. The normalized spacial score (nSPS) is 17.5. The molecule has 1 aliphatic rings. The molecule has 0 atom stereocenters. The zero-order valence-electron chi connectivity index (χ0n) is 8.03. The minimum Gasteiger partial charge on any atom is -0.355 e. The summed E-state index contributed by atoms with van der Waals surface area (Å²) in [7, 11) is 0. The van der Waals surface area contributed by atoms with Crippen molar-refractivity contribution < 1.29 is 0 Å². The molecule has 1 aromatic rings. The van der Waals surface area contributed by atoms with Gasteiger partial charge in [0.15, 0.2) is 0 Å². The lowest BCUT2D eigenvalue weighted by atomic mass is 10.1. The van der Waals surface area contributed by atoms with Crippen molar-refractivity contribution >= 4 is 5.82 Å². The second-order valence-corrected chi connectivity index (χ2v) is 3.56. The third-order valence-corrected chi connectivity index (χ3v) is 2.45. The van der Waals surface area contributed by atoms with E-state index in [2.05, 4.69) is 14.9 Å². The zero-order valence-corrected chi connectivity index (χ0v) is 8.03. The molecule has 1 aromatic heterocycles. The van der Waals surface area contributed by atoms with Crippen molar-refractivity contribution in [2.24, 2.45) is 0 Å². The fourth-order valence-corrected chi connectivity index (χ4v) is 1.67. The smallest absolute Gasteiger partial charge is 0.147 e. The lowest BCUT2D eigenvalue weighted by Gasteiger charge is -2.27. The molecule has 0 unspecified atom stereocenters. The molecule has 13 heavy (non-hydrogen) atoms. The Bertz CT molecular complexity index is 262. The van der Waals surface area contributed by atoms with Crippen LogP contribution in [0.5, 0.6) is 0 Å². The lowest BCUT2D eigenvalue weighted by Crippen LogP contribution is -2.30. The van der Waals surface area contributed by atoms with Crippen LogP contribution in [0.3, 0.4) is 0 Å². The SMILES string of the molecule is Cc1cnc(N2CCCCC2)cn1. The van der Waals surface area contributed by atoms with E-state index in [0.29, 0.717) is 0 Å². The molecule has 0 aliphatic carbocycles. The van der Waals surface area contributed by atoms with E-state index in [1.165, 1.54) is 19.3 Å². The molecular formula is C10H15N3. The van der Waals surface area contributed by atoms with Crippen molar-refractivity contribution in [2.45, 2.75) is 26.2 Å². The Morgan fingerprint density at radius 3 is 2.46 bits per heavy atom. The molecule has 0 amide bonds. The van der Waals surface area contributed by atoms with E-state index in [4.69, 9.17) is 0 Å². The summed E-state index contributed by atoms with van der Waals surface area (Å²) in [4.78, 5) is 10.9. The van der Waals surface area contributed by atoms with Crippen LogP contribution in [0.15, 0.2) is 12.4 Å². The fourth-order valence-electron chi connectivity index (χ4n) is 1.67. The van der Waals surface area contributed by atoms with Crippen LogP contribution in [0.1, 0.15) is 25.0 Å². The predicted octanol–water partition coefficient (Wildman–Crippen LogP) is 1.78. The predicted molar refractivity (Wildman–Crippen MR) is 52.8 cm³/mol. The molecule has 0 N–H and O–H groups in total. The maximum atomic E-state index is 4.37. The highest BCUT2D eigenvalue weighted by Gasteiger charge is 2.11. The van der Waals surface area contributed by atoms with Crippen LogP contribution in [0.25, 0.3) is 0 Å². The van der Waals surface area contributed by atoms with Crippen molar-refractivity contribution in [1.82, 2.24) is 9.97 Å². The van der Waals surface area contributed by atoms with E-state index in [1.807, 2.05) is 19.3 Å². The highest BCUT2D eigenvalue weighted by atomic mass is 15.2. The van der Waals surface area contributed by atoms with Gasteiger partial charge < -0.3 is 4.90 Å². The second-order valence-electron chi connectivity index (χ2n) is 3.56. The summed E-state index contributed by atoms with van der Waals surface area (Å²) in [5, 5.41) is 0. The zero-order chi connectivity index (χ0) is 9.10. The van der Waals surface area contributed by atoms with Gasteiger partial charge in [-0.15, -0.1) is 0 Å². The first-order valence-electron chi connectivity index (χ1n) is 4.90. The van der Waals surface area contributed by atoms with E-state index in [1.54, 1.807) is 0 Å². The molecule has 1 fully saturated rings. The standard InChI is InChI=1S/C10H15N3/c1-9-7-12-10(8-11-9)13-5-3-2-4-6-13/h7-8H,2-6H2,1H3. The molecule has 70 valence electrons. The number of anilines is 1. The lowest BCUT2D eigenvalue weighted by molar-refractivity contribution is 0.572. The van der Waals surface area contributed by atoms with Gasteiger partial charge in [0.2, 0.25) is 0 Å². The second kappa shape index (κ2) is 3.73. The van der Waals surface area contributed by atoms with Gasteiger partial charge in [0.05, 0.1) is 18.1 Å². The summed E-state index contributed by atoms with van der Waals surface area (Å²) < 4.78 is 0. The molecule has 0 spiro atoms. The Labute approximate surface area is 78.8 Å². The van der Waals surface area contributed by atoms with Gasteiger partial charge in [-0.2, -0.15) is 0 Å². The van der Waals surface area contributed by atoms with Gasteiger partial charge in [-0.05, 0) is 26.2 Å². The first-order valence-corrected chi connectivity index (χ1v) is 4.90. The monoisotopic (exact) mass is 177 g/mol. The Balaban J connectivity index is 2.10. The van der Waals surface area contributed by atoms with E-state index < -0.39 is 0 Å². The van der Waals surface area contributed by atoms with Crippen molar-refractivity contribution in [1.29, 1.82) is 0 Å². The Kier molecular flexibility index (Phi) is 2.43. The molecule has 1 aliphatic heterocycles. The molecule has 3 nitrogen and oxygen atoms in total. The van der Waals surface area contributed by atoms with E-state index >= 15 is 0 Å². The quantitative estimate of drug-likeness (QED) is 0.654. The van der Waals surface area contributed by atoms with E-state index in [9.17, 15) is 0 Å². The molecule has 2 heterocycles. The molecule has 0 bridgehead atoms. The fraction of sp³-hybridized carbons (Fsp3) is 0.600. The van der Waals surface area contributed by atoms with E-state index in [-0.39, 0.29) is 0 Å².